The molecule has 3 nitrogen and oxygen atoms in total. The summed E-state index contributed by atoms with van der Waals surface area (Å²) in [5, 5.41) is 0.618. The minimum atomic E-state index is -0.234. The second kappa shape index (κ2) is 5.51. The zero-order valence-electron chi connectivity index (χ0n) is 10.1. The second-order valence-electron chi connectivity index (χ2n) is 3.92. The smallest absolute Gasteiger partial charge is 0.194 e. The highest BCUT2D eigenvalue weighted by Crippen LogP contribution is 2.32. The number of benzene rings is 2. The molecule has 0 unspecified atom stereocenters. The summed E-state index contributed by atoms with van der Waals surface area (Å²) in [6.07, 6.45) is 0. The fourth-order valence-corrected chi connectivity index (χ4v) is 2.17. The van der Waals surface area contributed by atoms with Crippen LogP contribution in [0.5, 0.6) is 5.75 Å². The number of ether oxygens (including phenoxy) is 1. The summed E-state index contributed by atoms with van der Waals surface area (Å²) >= 11 is 12.1. The van der Waals surface area contributed by atoms with Gasteiger partial charge < -0.3 is 10.5 Å². The molecule has 0 radical (unpaired) electrons. The zero-order chi connectivity index (χ0) is 14.0. The van der Waals surface area contributed by atoms with E-state index in [4.69, 9.17) is 33.7 Å². The van der Waals surface area contributed by atoms with E-state index in [2.05, 4.69) is 0 Å². The van der Waals surface area contributed by atoms with Crippen LogP contribution in [-0.2, 0) is 0 Å². The molecular formula is C14H11Cl2NO2. The van der Waals surface area contributed by atoms with Gasteiger partial charge in [0.25, 0.3) is 0 Å². The van der Waals surface area contributed by atoms with E-state index in [0.717, 1.165) is 0 Å². The van der Waals surface area contributed by atoms with Gasteiger partial charge in [0.05, 0.1) is 17.2 Å². The summed E-state index contributed by atoms with van der Waals surface area (Å²) in [6, 6.07) is 9.70. The number of halogens is 2. The normalized spacial score (nSPS) is 10.3. The Labute approximate surface area is 120 Å². The first-order chi connectivity index (χ1) is 9.02. The molecule has 0 spiro atoms. The van der Waals surface area contributed by atoms with Crippen molar-refractivity contribution >= 4 is 34.7 Å². The van der Waals surface area contributed by atoms with Crippen LogP contribution in [0.15, 0.2) is 36.4 Å². The Hall–Kier alpha value is -1.71. The lowest BCUT2D eigenvalue weighted by atomic mass is 10.0. The molecule has 0 saturated carbocycles. The average Bonchev–Trinajstić information content (AvgIpc) is 2.40. The Morgan fingerprint density at radius 3 is 2.53 bits per heavy atom. The Kier molecular flexibility index (Phi) is 3.98. The van der Waals surface area contributed by atoms with Crippen molar-refractivity contribution in [2.75, 3.05) is 12.8 Å². The van der Waals surface area contributed by atoms with Gasteiger partial charge in [0.2, 0.25) is 0 Å². The quantitative estimate of drug-likeness (QED) is 0.692. The average molecular weight is 296 g/mol. The van der Waals surface area contributed by atoms with Gasteiger partial charge in [0, 0.05) is 22.9 Å². The highest BCUT2D eigenvalue weighted by atomic mass is 35.5. The Balaban J connectivity index is 2.47. The van der Waals surface area contributed by atoms with E-state index in [1.165, 1.54) is 19.2 Å². The van der Waals surface area contributed by atoms with E-state index >= 15 is 0 Å². The molecule has 0 aliphatic rings. The molecule has 98 valence electrons. The number of nitrogens with two attached hydrogens (primary N) is 1. The second-order valence-corrected chi connectivity index (χ2v) is 4.74. The lowest BCUT2D eigenvalue weighted by molar-refractivity contribution is 0.103. The van der Waals surface area contributed by atoms with Crippen LogP contribution in [0.25, 0.3) is 0 Å². The Morgan fingerprint density at radius 2 is 1.89 bits per heavy atom. The number of hydrogen-bond donors (Lipinski definition) is 1. The number of ketones is 1. The largest absolute Gasteiger partial charge is 0.495 e. The molecule has 0 aromatic heterocycles. The van der Waals surface area contributed by atoms with Crippen molar-refractivity contribution in [2.24, 2.45) is 0 Å². The Bertz CT molecular complexity index is 641. The number of rotatable bonds is 3. The molecule has 0 aliphatic heterocycles. The summed E-state index contributed by atoms with van der Waals surface area (Å²) in [7, 11) is 1.48. The minimum absolute atomic E-state index is 0.234. The minimum Gasteiger partial charge on any atom is -0.495 e. The van der Waals surface area contributed by atoms with Crippen molar-refractivity contribution in [2.45, 2.75) is 0 Å². The van der Waals surface area contributed by atoms with Gasteiger partial charge in [-0.2, -0.15) is 0 Å². The maximum atomic E-state index is 12.3. The predicted molar refractivity (Wildman–Crippen MR) is 77.3 cm³/mol. The van der Waals surface area contributed by atoms with Crippen LogP contribution in [0, 0.1) is 0 Å². The molecule has 0 bridgehead atoms. The standard InChI is InChI=1S/C14H11Cl2NO2/c1-19-13-7-11(15)10(6-12(13)16)14(18)8-3-2-4-9(17)5-8/h2-7H,17H2,1H3. The van der Waals surface area contributed by atoms with Crippen LogP contribution in [0.4, 0.5) is 5.69 Å². The first kappa shape index (κ1) is 13.7. The molecule has 0 fully saturated rings. The van der Waals surface area contributed by atoms with Gasteiger partial charge in [-0.25, -0.2) is 0 Å². The molecule has 2 aromatic carbocycles. The first-order valence-electron chi connectivity index (χ1n) is 5.46. The van der Waals surface area contributed by atoms with Gasteiger partial charge in [-0.3, -0.25) is 4.79 Å². The van der Waals surface area contributed by atoms with Crippen molar-refractivity contribution in [1.29, 1.82) is 0 Å². The lowest BCUT2D eigenvalue weighted by Gasteiger charge is -2.08. The number of carbonyl (C=O) groups excluding carboxylic acids is 1. The number of carbonyl (C=O) groups is 1. The maximum absolute atomic E-state index is 12.3. The number of methoxy groups -OCH3 is 1. The third kappa shape index (κ3) is 2.83. The van der Waals surface area contributed by atoms with Crippen LogP contribution < -0.4 is 10.5 Å². The van der Waals surface area contributed by atoms with Crippen molar-refractivity contribution in [3.8, 4) is 5.75 Å². The van der Waals surface area contributed by atoms with Gasteiger partial charge in [0.15, 0.2) is 5.78 Å². The fourth-order valence-electron chi connectivity index (χ4n) is 1.69. The van der Waals surface area contributed by atoms with E-state index < -0.39 is 0 Å². The highest BCUT2D eigenvalue weighted by Gasteiger charge is 2.16. The fraction of sp³-hybridized carbons (Fsp3) is 0.0714. The topological polar surface area (TPSA) is 52.3 Å². The third-order valence-corrected chi connectivity index (χ3v) is 3.24. The van der Waals surface area contributed by atoms with Gasteiger partial charge in [-0.05, 0) is 18.2 Å². The summed E-state index contributed by atoms with van der Waals surface area (Å²) in [5.74, 6) is 0.192. The van der Waals surface area contributed by atoms with E-state index in [-0.39, 0.29) is 10.8 Å². The summed E-state index contributed by atoms with van der Waals surface area (Å²) in [4.78, 5) is 12.3. The van der Waals surface area contributed by atoms with Crippen LogP contribution in [0.2, 0.25) is 10.0 Å². The number of nitrogen functional groups attached to an aromatic ring is 1. The molecule has 19 heavy (non-hydrogen) atoms. The van der Waals surface area contributed by atoms with Crippen molar-refractivity contribution in [1.82, 2.24) is 0 Å². The third-order valence-electron chi connectivity index (χ3n) is 2.63. The van der Waals surface area contributed by atoms with Crippen LogP contribution in [-0.4, -0.2) is 12.9 Å². The number of anilines is 1. The van der Waals surface area contributed by atoms with Crippen molar-refractivity contribution < 1.29 is 9.53 Å². The number of hydrogen-bond acceptors (Lipinski definition) is 3. The zero-order valence-corrected chi connectivity index (χ0v) is 11.6. The van der Waals surface area contributed by atoms with Gasteiger partial charge in [-0.1, -0.05) is 35.3 Å². The summed E-state index contributed by atoms with van der Waals surface area (Å²) < 4.78 is 5.04. The molecular weight excluding hydrogens is 285 g/mol. The van der Waals surface area contributed by atoms with E-state index in [0.29, 0.717) is 27.6 Å². The molecule has 0 heterocycles. The Morgan fingerprint density at radius 1 is 1.16 bits per heavy atom. The van der Waals surface area contributed by atoms with Crippen molar-refractivity contribution in [3.05, 3.63) is 57.6 Å². The van der Waals surface area contributed by atoms with E-state index in [9.17, 15) is 4.79 Å². The van der Waals surface area contributed by atoms with Gasteiger partial charge >= 0.3 is 0 Å². The van der Waals surface area contributed by atoms with Crippen molar-refractivity contribution in [3.63, 3.8) is 0 Å². The van der Waals surface area contributed by atoms with E-state index in [1.54, 1.807) is 24.3 Å². The van der Waals surface area contributed by atoms with Crippen LogP contribution in [0.1, 0.15) is 15.9 Å². The molecule has 2 rings (SSSR count). The highest BCUT2D eigenvalue weighted by molar-refractivity contribution is 6.37. The predicted octanol–water partition coefficient (Wildman–Crippen LogP) is 3.82. The van der Waals surface area contributed by atoms with Crippen LogP contribution >= 0.6 is 23.2 Å². The van der Waals surface area contributed by atoms with E-state index in [1.807, 2.05) is 0 Å². The summed E-state index contributed by atoms with van der Waals surface area (Å²) in [6.45, 7) is 0. The molecule has 0 aliphatic carbocycles. The monoisotopic (exact) mass is 295 g/mol. The summed E-state index contributed by atoms with van der Waals surface area (Å²) in [5.41, 5.74) is 6.95. The lowest BCUT2D eigenvalue weighted by Crippen LogP contribution is -2.03. The molecule has 2 N–H and O–H groups in total. The van der Waals surface area contributed by atoms with Crippen LogP contribution in [0.3, 0.4) is 0 Å². The molecule has 0 saturated heterocycles. The van der Waals surface area contributed by atoms with Gasteiger partial charge in [-0.15, -0.1) is 0 Å². The SMILES string of the molecule is COc1cc(Cl)c(C(=O)c2cccc(N)c2)cc1Cl. The maximum Gasteiger partial charge on any atom is 0.194 e. The molecule has 0 amide bonds. The first-order valence-corrected chi connectivity index (χ1v) is 6.22. The van der Waals surface area contributed by atoms with Gasteiger partial charge in [0.1, 0.15) is 5.75 Å². The molecule has 2 aromatic rings. The molecule has 5 heteroatoms. The molecule has 0 atom stereocenters.